The van der Waals surface area contributed by atoms with E-state index in [1.165, 1.54) is 35.1 Å². The van der Waals surface area contributed by atoms with Gasteiger partial charge in [-0.05, 0) is 18.2 Å². The third kappa shape index (κ3) is 4.48. The molecule has 0 aliphatic rings. The largest absolute Gasteiger partial charge is 0.483 e. The number of H-pyrrole nitrogens is 1. The van der Waals surface area contributed by atoms with Crippen molar-refractivity contribution < 1.29 is 27.9 Å². The molecule has 0 unspecified atom stereocenters. The van der Waals surface area contributed by atoms with Crippen LogP contribution in [0.2, 0.25) is 5.02 Å². The van der Waals surface area contributed by atoms with Gasteiger partial charge in [0.15, 0.2) is 17.8 Å². The van der Waals surface area contributed by atoms with Crippen LogP contribution >= 0.6 is 11.6 Å². The van der Waals surface area contributed by atoms with Crippen molar-refractivity contribution in [3.05, 3.63) is 59.3 Å². The number of halogens is 4. The summed E-state index contributed by atoms with van der Waals surface area (Å²) in [5, 5.41) is 15.6. The Kier molecular flexibility index (Phi) is 6.20. The fourth-order valence-corrected chi connectivity index (χ4v) is 2.97. The first-order valence-corrected chi connectivity index (χ1v) is 8.70. The molecule has 4 aromatic rings. The second-order valence-corrected chi connectivity index (χ2v) is 6.26. The molecule has 13 heteroatoms. The Labute approximate surface area is 176 Å². The number of imidazole rings is 1. The molecule has 0 amide bonds. The van der Waals surface area contributed by atoms with Gasteiger partial charge in [-0.3, -0.25) is 19.1 Å². The molecule has 0 spiro atoms. The maximum atomic E-state index is 13.2. The van der Waals surface area contributed by atoms with Crippen molar-refractivity contribution in [3.8, 4) is 11.3 Å². The number of nitrogens with one attached hydrogen (secondary N) is 2. The fraction of sp³-hybridized carbons (Fsp3) is 0.0556. The van der Waals surface area contributed by atoms with E-state index in [2.05, 4.69) is 20.4 Å². The number of nitrogens with zero attached hydrogens (tertiary/aromatic N) is 4. The summed E-state index contributed by atoms with van der Waals surface area (Å²) in [4.78, 5) is 27.6. The monoisotopic (exact) mass is 452 g/mol. The van der Waals surface area contributed by atoms with Crippen LogP contribution in [0.4, 0.5) is 24.7 Å². The van der Waals surface area contributed by atoms with Crippen LogP contribution in [-0.2, 0) is 11.0 Å². The van der Waals surface area contributed by atoms with Crippen molar-refractivity contribution in [2.75, 3.05) is 5.32 Å². The Balaban J connectivity index is 0.000000858. The molecule has 3 heterocycles. The number of carbonyl (C=O) groups is 2. The number of benzene rings is 1. The molecule has 3 N–H and O–H groups in total. The first-order chi connectivity index (χ1) is 14.8. The van der Waals surface area contributed by atoms with Gasteiger partial charge in [0.05, 0.1) is 28.7 Å². The molecule has 0 fully saturated rings. The highest BCUT2D eigenvalue weighted by atomic mass is 35.5. The molecule has 3 aromatic heterocycles. The Bertz CT molecular complexity index is 1240. The highest BCUT2D eigenvalue weighted by Crippen LogP contribution is 2.36. The van der Waals surface area contributed by atoms with Gasteiger partial charge in [-0.15, -0.1) is 0 Å². The number of alkyl halides is 3. The lowest BCUT2D eigenvalue weighted by atomic mass is 10.2. The summed E-state index contributed by atoms with van der Waals surface area (Å²) in [6.07, 6.45) is 1.38. The molecular formula is C18H12ClF3N6O3. The topological polar surface area (TPSA) is 125 Å². The van der Waals surface area contributed by atoms with E-state index >= 15 is 0 Å². The summed E-state index contributed by atoms with van der Waals surface area (Å²) >= 11 is 6.02. The lowest BCUT2D eigenvalue weighted by Crippen LogP contribution is -2.08. The Morgan fingerprint density at radius 1 is 1.19 bits per heavy atom. The zero-order valence-electron chi connectivity index (χ0n) is 15.3. The normalized spacial score (nSPS) is 11.0. The number of carboxylic acid groups (broad SMARTS) is 1. The van der Waals surface area contributed by atoms with Gasteiger partial charge in [-0.25, -0.2) is 9.97 Å². The van der Waals surface area contributed by atoms with E-state index in [0.29, 0.717) is 29.0 Å². The van der Waals surface area contributed by atoms with Gasteiger partial charge >= 0.3 is 6.18 Å². The third-order valence-electron chi connectivity index (χ3n) is 4.02. The number of hydrogen-bond donors (Lipinski definition) is 3. The second-order valence-electron chi connectivity index (χ2n) is 5.85. The first kappa shape index (κ1) is 21.8. The number of carbonyl (C=O) groups excluding carboxylic acids is 1. The van der Waals surface area contributed by atoms with E-state index < -0.39 is 11.9 Å². The van der Waals surface area contributed by atoms with E-state index in [0.717, 1.165) is 6.20 Å². The minimum Gasteiger partial charge on any atom is -0.483 e. The summed E-state index contributed by atoms with van der Waals surface area (Å²) in [5.41, 5.74) is 0.298. The van der Waals surface area contributed by atoms with Gasteiger partial charge in [0.25, 0.3) is 6.47 Å². The number of aldehydes is 1. The van der Waals surface area contributed by atoms with Gasteiger partial charge in [0.2, 0.25) is 0 Å². The Morgan fingerprint density at radius 3 is 2.58 bits per heavy atom. The first-order valence-electron chi connectivity index (χ1n) is 8.32. The van der Waals surface area contributed by atoms with Crippen molar-refractivity contribution in [3.63, 3.8) is 0 Å². The molecule has 160 valence electrons. The average molecular weight is 453 g/mol. The highest BCUT2D eigenvalue weighted by Gasteiger charge is 2.36. The number of rotatable bonds is 4. The molecule has 0 bridgehead atoms. The van der Waals surface area contributed by atoms with Crippen molar-refractivity contribution in [1.82, 2.24) is 24.6 Å². The lowest BCUT2D eigenvalue weighted by molar-refractivity contribution is -0.140. The van der Waals surface area contributed by atoms with Crippen LogP contribution in [-0.4, -0.2) is 42.4 Å². The van der Waals surface area contributed by atoms with Crippen LogP contribution in [0, 0.1) is 0 Å². The van der Waals surface area contributed by atoms with Crippen molar-refractivity contribution in [2.45, 2.75) is 6.18 Å². The number of hydrogen-bond acceptors (Lipinski definition) is 6. The molecule has 0 saturated carbocycles. The zero-order valence-corrected chi connectivity index (χ0v) is 16.0. The number of aromatic nitrogens is 5. The van der Waals surface area contributed by atoms with Crippen LogP contribution in [0.15, 0.2) is 43.0 Å². The lowest BCUT2D eigenvalue weighted by Gasteiger charge is -2.09. The summed E-state index contributed by atoms with van der Waals surface area (Å²) < 4.78 is 41.0. The standard InChI is InChI=1S/C17H10ClF3N6O.CH2O2/c18-12-5-10(2-1-9(12)8-28)25-15-16-23-7-13(27(16)4-3-22-15)11-6-24-26-14(11)17(19,20)21;2-1-3/h1-8H,(H,22,25)(H,24,26);1H,(H,2,3). The van der Waals surface area contributed by atoms with E-state index in [1.54, 1.807) is 6.07 Å². The van der Waals surface area contributed by atoms with Crippen LogP contribution in [0.5, 0.6) is 0 Å². The molecule has 0 aliphatic carbocycles. The second kappa shape index (κ2) is 8.83. The maximum Gasteiger partial charge on any atom is 0.433 e. The predicted molar refractivity (Wildman–Crippen MR) is 104 cm³/mol. The average Bonchev–Trinajstić information content (AvgIpc) is 3.36. The van der Waals surface area contributed by atoms with Crippen molar-refractivity contribution in [2.24, 2.45) is 0 Å². The predicted octanol–water partition coefficient (Wildman–Crippen LogP) is 4.05. The van der Waals surface area contributed by atoms with Gasteiger partial charge in [-0.1, -0.05) is 11.6 Å². The van der Waals surface area contributed by atoms with Crippen molar-refractivity contribution >= 4 is 41.5 Å². The zero-order chi connectivity index (χ0) is 22.6. The Morgan fingerprint density at radius 2 is 1.94 bits per heavy atom. The van der Waals surface area contributed by atoms with Crippen LogP contribution in [0.25, 0.3) is 16.9 Å². The summed E-state index contributed by atoms with van der Waals surface area (Å²) in [5.74, 6) is 0.306. The molecule has 31 heavy (non-hydrogen) atoms. The van der Waals surface area contributed by atoms with E-state index in [9.17, 15) is 18.0 Å². The number of aromatic amines is 1. The van der Waals surface area contributed by atoms with E-state index in [4.69, 9.17) is 21.5 Å². The minimum absolute atomic E-state index is 0.129. The number of anilines is 2. The fourth-order valence-electron chi connectivity index (χ4n) is 2.74. The summed E-state index contributed by atoms with van der Waals surface area (Å²) in [7, 11) is 0. The molecule has 0 radical (unpaired) electrons. The van der Waals surface area contributed by atoms with Crippen LogP contribution in [0.3, 0.4) is 0 Å². The van der Waals surface area contributed by atoms with Crippen molar-refractivity contribution in [1.29, 1.82) is 0 Å². The number of fused-ring (bicyclic) bond motifs is 1. The maximum absolute atomic E-state index is 13.2. The van der Waals surface area contributed by atoms with Gasteiger partial charge < -0.3 is 10.4 Å². The molecule has 0 atom stereocenters. The van der Waals surface area contributed by atoms with E-state index in [-0.39, 0.29) is 22.8 Å². The van der Waals surface area contributed by atoms with Crippen LogP contribution in [0.1, 0.15) is 16.1 Å². The Hall–Kier alpha value is -3.93. The SMILES string of the molecule is O=CO.O=Cc1ccc(Nc2nccn3c(-c4cn[nH]c4C(F)(F)F)cnc23)cc1Cl. The molecule has 1 aromatic carbocycles. The highest BCUT2D eigenvalue weighted by molar-refractivity contribution is 6.33. The minimum atomic E-state index is -4.58. The quantitative estimate of drug-likeness (QED) is 0.399. The summed E-state index contributed by atoms with van der Waals surface area (Å²) in [6, 6.07) is 4.70. The van der Waals surface area contributed by atoms with Gasteiger partial charge in [0.1, 0.15) is 5.69 Å². The molecular weight excluding hydrogens is 441 g/mol. The van der Waals surface area contributed by atoms with E-state index in [1.807, 2.05) is 5.10 Å². The smallest absolute Gasteiger partial charge is 0.433 e. The third-order valence-corrected chi connectivity index (χ3v) is 4.34. The van der Waals surface area contributed by atoms with Gasteiger partial charge in [-0.2, -0.15) is 18.3 Å². The van der Waals surface area contributed by atoms with Gasteiger partial charge in [0, 0.05) is 23.6 Å². The summed E-state index contributed by atoms with van der Waals surface area (Å²) in [6.45, 7) is -0.250. The molecule has 4 rings (SSSR count). The molecule has 9 nitrogen and oxygen atoms in total. The molecule has 0 saturated heterocycles. The van der Waals surface area contributed by atoms with Crippen LogP contribution < -0.4 is 5.32 Å². The molecule has 0 aliphatic heterocycles.